The zero-order valence-electron chi connectivity index (χ0n) is 19.6. The molecule has 0 bridgehead atoms. The van der Waals surface area contributed by atoms with Gasteiger partial charge in [0.1, 0.15) is 0 Å². The van der Waals surface area contributed by atoms with Crippen molar-refractivity contribution >= 4 is 53.7 Å². The SMILES string of the molecule is c1ccc2c(-c3ccc(Nc4ccc(-c5ccc6c(c5)sc5ccccc56)cc4)cc3)cccc2c1. The van der Waals surface area contributed by atoms with Crippen LogP contribution in [0.5, 0.6) is 0 Å². The molecule has 1 N–H and O–H groups in total. The third-order valence-electron chi connectivity index (χ3n) is 6.87. The van der Waals surface area contributed by atoms with E-state index in [4.69, 9.17) is 0 Å². The highest BCUT2D eigenvalue weighted by molar-refractivity contribution is 7.25. The second kappa shape index (κ2) is 8.67. The Morgan fingerprint density at radius 3 is 1.83 bits per heavy atom. The largest absolute Gasteiger partial charge is 0.356 e. The van der Waals surface area contributed by atoms with Crippen molar-refractivity contribution in [3.63, 3.8) is 0 Å². The molecule has 1 heterocycles. The van der Waals surface area contributed by atoms with Gasteiger partial charge in [-0.2, -0.15) is 0 Å². The zero-order valence-corrected chi connectivity index (χ0v) is 20.4. The molecule has 1 nitrogen and oxygen atoms in total. The van der Waals surface area contributed by atoms with Crippen LogP contribution in [0.15, 0.2) is 133 Å². The number of nitrogens with one attached hydrogen (secondary N) is 1. The summed E-state index contributed by atoms with van der Waals surface area (Å²) < 4.78 is 2.68. The number of benzene rings is 6. The van der Waals surface area contributed by atoms with Gasteiger partial charge < -0.3 is 5.32 Å². The highest BCUT2D eigenvalue weighted by atomic mass is 32.1. The number of anilines is 2. The van der Waals surface area contributed by atoms with Gasteiger partial charge in [-0.05, 0) is 69.4 Å². The van der Waals surface area contributed by atoms with Gasteiger partial charge in [0.2, 0.25) is 0 Å². The molecule has 0 radical (unpaired) electrons. The fourth-order valence-electron chi connectivity index (χ4n) is 5.03. The molecular formula is C34H23NS. The minimum atomic E-state index is 1.08. The smallest absolute Gasteiger partial charge is 0.0384 e. The lowest BCUT2D eigenvalue weighted by Crippen LogP contribution is -1.90. The predicted octanol–water partition coefficient (Wildman–Crippen LogP) is 10.3. The summed E-state index contributed by atoms with van der Waals surface area (Å²) in [5.74, 6) is 0. The normalized spacial score (nSPS) is 11.3. The molecule has 2 heteroatoms. The molecule has 0 aliphatic rings. The molecule has 36 heavy (non-hydrogen) atoms. The maximum atomic E-state index is 3.55. The average molecular weight is 478 g/mol. The van der Waals surface area contributed by atoms with E-state index in [0.717, 1.165) is 11.4 Å². The summed E-state index contributed by atoms with van der Waals surface area (Å²) in [4.78, 5) is 0. The van der Waals surface area contributed by atoms with E-state index in [1.807, 2.05) is 11.3 Å². The standard InChI is InChI=1S/C34H23NS/c1-2-8-29-24(6-1)7-5-10-30(29)25-14-19-28(20-15-25)35-27-17-12-23(13-18-27)26-16-21-32-31-9-3-4-11-33(31)36-34(32)22-26/h1-22,35H. The van der Waals surface area contributed by atoms with Crippen LogP contribution >= 0.6 is 11.3 Å². The Morgan fingerprint density at radius 1 is 0.417 bits per heavy atom. The number of rotatable bonds is 4. The molecule has 0 spiro atoms. The molecule has 0 aliphatic heterocycles. The topological polar surface area (TPSA) is 12.0 Å². The molecule has 0 saturated heterocycles. The summed E-state index contributed by atoms with van der Waals surface area (Å²) in [6.45, 7) is 0. The van der Waals surface area contributed by atoms with Crippen LogP contribution in [0.25, 0.3) is 53.2 Å². The number of thiophene rings is 1. The molecule has 170 valence electrons. The maximum absolute atomic E-state index is 3.55. The van der Waals surface area contributed by atoms with Crippen LogP contribution in [-0.4, -0.2) is 0 Å². The van der Waals surface area contributed by atoms with E-state index in [2.05, 4.69) is 139 Å². The van der Waals surface area contributed by atoms with Crippen LogP contribution in [0, 0.1) is 0 Å². The van der Waals surface area contributed by atoms with Crippen LogP contribution in [0.4, 0.5) is 11.4 Å². The molecule has 0 aliphatic carbocycles. The Hall–Kier alpha value is -4.40. The van der Waals surface area contributed by atoms with Gasteiger partial charge in [-0.25, -0.2) is 0 Å². The van der Waals surface area contributed by atoms with E-state index in [9.17, 15) is 0 Å². The Morgan fingerprint density at radius 2 is 1.03 bits per heavy atom. The predicted molar refractivity (Wildman–Crippen MR) is 157 cm³/mol. The average Bonchev–Trinajstić information content (AvgIpc) is 3.32. The lowest BCUT2D eigenvalue weighted by molar-refractivity contribution is 1.54. The van der Waals surface area contributed by atoms with Crippen LogP contribution < -0.4 is 5.32 Å². The molecule has 0 amide bonds. The third kappa shape index (κ3) is 3.73. The van der Waals surface area contributed by atoms with Crippen molar-refractivity contribution in [2.45, 2.75) is 0 Å². The van der Waals surface area contributed by atoms with Gasteiger partial charge in [0.15, 0.2) is 0 Å². The van der Waals surface area contributed by atoms with E-state index in [1.165, 1.54) is 53.2 Å². The Balaban J connectivity index is 1.12. The summed E-state index contributed by atoms with van der Waals surface area (Å²) in [6, 6.07) is 47.9. The number of hydrogen-bond donors (Lipinski definition) is 1. The second-order valence-corrected chi connectivity index (χ2v) is 10.2. The monoisotopic (exact) mass is 477 g/mol. The highest BCUT2D eigenvalue weighted by Gasteiger charge is 2.07. The van der Waals surface area contributed by atoms with Gasteiger partial charge in [0.05, 0.1) is 0 Å². The molecule has 0 saturated carbocycles. The molecular weight excluding hydrogens is 454 g/mol. The van der Waals surface area contributed by atoms with Gasteiger partial charge in [-0.15, -0.1) is 11.3 Å². The lowest BCUT2D eigenvalue weighted by atomic mass is 9.98. The molecule has 0 atom stereocenters. The van der Waals surface area contributed by atoms with Crippen molar-refractivity contribution in [3.8, 4) is 22.3 Å². The molecule has 7 aromatic rings. The van der Waals surface area contributed by atoms with E-state index in [0.29, 0.717) is 0 Å². The van der Waals surface area contributed by atoms with Crippen molar-refractivity contribution < 1.29 is 0 Å². The van der Waals surface area contributed by atoms with Crippen molar-refractivity contribution in [1.29, 1.82) is 0 Å². The van der Waals surface area contributed by atoms with Crippen molar-refractivity contribution in [3.05, 3.63) is 133 Å². The molecule has 6 aromatic carbocycles. The summed E-state index contributed by atoms with van der Waals surface area (Å²) in [7, 11) is 0. The van der Waals surface area contributed by atoms with Crippen LogP contribution in [0.1, 0.15) is 0 Å². The molecule has 0 unspecified atom stereocenters. The maximum Gasteiger partial charge on any atom is 0.0384 e. The highest BCUT2D eigenvalue weighted by Crippen LogP contribution is 2.36. The fraction of sp³-hybridized carbons (Fsp3) is 0. The summed E-state index contributed by atoms with van der Waals surface area (Å²) >= 11 is 1.86. The fourth-order valence-corrected chi connectivity index (χ4v) is 6.17. The summed E-state index contributed by atoms with van der Waals surface area (Å²) in [5, 5.41) is 8.78. The van der Waals surface area contributed by atoms with Crippen molar-refractivity contribution in [2.24, 2.45) is 0 Å². The minimum absolute atomic E-state index is 1.08. The first-order valence-electron chi connectivity index (χ1n) is 12.2. The van der Waals surface area contributed by atoms with Gasteiger partial charge in [-0.1, -0.05) is 97.1 Å². The van der Waals surface area contributed by atoms with E-state index in [1.54, 1.807) is 0 Å². The minimum Gasteiger partial charge on any atom is -0.356 e. The van der Waals surface area contributed by atoms with Crippen LogP contribution in [0.2, 0.25) is 0 Å². The summed E-state index contributed by atoms with van der Waals surface area (Å²) in [6.07, 6.45) is 0. The lowest BCUT2D eigenvalue weighted by Gasteiger charge is -2.10. The molecule has 0 fully saturated rings. The van der Waals surface area contributed by atoms with Crippen molar-refractivity contribution in [1.82, 2.24) is 0 Å². The molecule has 1 aromatic heterocycles. The number of fused-ring (bicyclic) bond motifs is 4. The van der Waals surface area contributed by atoms with Gasteiger partial charge >= 0.3 is 0 Å². The van der Waals surface area contributed by atoms with Crippen LogP contribution in [0.3, 0.4) is 0 Å². The first kappa shape index (κ1) is 20.9. The first-order chi connectivity index (χ1) is 17.8. The van der Waals surface area contributed by atoms with Crippen LogP contribution in [-0.2, 0) is 0 Å². The van der Waals surface area contributed by atoms with E-state index >= 15 is 0 Å². The quantitative estimate of drug-likeness (QED) is 0.266. The number of hydrogen-bond acceptors (Lipinski definition) is 2. The first-order valence-corrected chi connectivity index (χ1v) is 13.0. The van der Waals surface area contributed by atoms with Gasteiger partial charge in [0, 0.05) is 31.5 Å². The second-order valence-electron chi connectivity index (χ2n) is 9.12. The Bertz CT molecular complexity index is 1840. The zero-order chi connectivity index (χ0) is 23.9. The third-order valence-corrected chi connectivity index (χ3v) is 8.00. The summed E-state index contributed by atoms with van der Waals surface area (Å²) in [5.41, 5.74) is 7.13. The Labute approximate surface area is 214 Å². The Kier molecular flexibility index (Phi) is 5.04. The van der Waals surface area contributed by atoms with Crippen molar-refractivity contribution in [2.75, 3.05) is 5.32 Å². The van der Waals surface area contributed by atoms with Gasteiger partial charge in [-0.3, -0.25) is 0 Å². The van der Waals surface area contributed by atoms with E-state index < -0.39 is 0 Å². The van der Waals surface area contributed by atoms with Gasteiger partial charge in [0.25, 0.3) is 0 Å². The molecule has 7 rings (SSSR count). The van der Waals surface area contributed by atoms with E-state index in [-0.39, 0.29) is 0 Å².